The third kappa shape index (κ3) is 10.4. The number of aliphatic hydroxyl groups is 4. The molecule has 50 heavy (non-hydrogen) atoms. The Bertz CT molecular complexity index is 1080. The van der Waals surface area contributed by atoms with E-state index in [1.54, 1.807) is 34.6 Å². The van der Waals surface area contributed by atoms with Crippen molar-refractivity contribution >= 4 is 5.97 Å². The number of methoxy groups -OCH3 is 1. The van der Waals surface area contributed by atoms with Gasteiger partial charge in [0.25, 0.3) is 0 Å². The molecule has 5 N–H and O–H groups in total. The molecule has 0 bridgehead atoms. The summed E-state index contributed by atoms with van der Waals surface area (Å²) in [6.45, 7) is 18.9. The Morgan fingerprint density at radius 3 is 2.16 bits per heavy atom. The molecule has 0 unspecified atom stereocenters. The summed E-state index contributed by atoms with van der Waals surface area (Å²) in [5.41, 5.74) is -3.79. The Morgan fingerprint density at radius 1 is 0.940 bits per heavy atom. The lowest BCUT2D eigenvalue weighted by Crippen LogP contribution is -2.60. The summed E-state index contributed by atoms with van der Waals surface area (Å²) in [6.07, 6.45) is -5.69. The molecule has 13 nitrogen and oxygen atoms in total. The molecule has 3 fully saturated rings. The zero-order valence-corrected chi connectivity index (χ0v) is 32.9. The van der Waals surface area contributed by atoms with E-state index < -0.39 is 83.8 Å². The van der Waals surface area contributed by atoms with E-state index in [1.807, 2.05) is 53.6 Å². The smallest absolute Gasteiger partial charge is 0.311 e. The summed E-state index contributed by atoms with van der Waals surface area (Å²) in [5.74, 6) is -2.16. The molecule has 294 valence electrons. The van der Waals surface area contributed by atoms with Crippen molar-refractivity contribution in [1.82, 2.24) is 10.2 Å². The lowest BCUT2D eigenvalue weighted by atomic mass is 9.78. The van der Waals surface area contributed by atoms with Gasteiger partial charge >= 0.3 is 5.97 Å². The number of nitrogens with one attached hydrogen (secondary N) is 1. The van der Waals surface area contributed by atoms with Gasteiger partial charge in [0, 0.05) is 31.5 Å². The van der Waals surface area contributed by atoms with E-state index in [4.69, 9.17) is 28.4 Å². The summed E-state index contributed by atoms with van der Waals surface area (Å²) in [7, 11) is 5.32. The first-order valence-electron chi connectivity index (χ1n) is 18.6. The molecule has 0 spiro atoms. The third-order valence-electron chi connectivity index (χ3n) is 11.4. The fourth-order valence-electron chi connectivity index (χ4n) is 8.43. The maximum Gasteiger partial charge on any atom is 0.311 e. The van der Waals surface area contributed by atoms with Crippen LogP contribution in [0.25, 0.3) is 0 Å². The molecule has 17 atom stereocenters. The molecule has 0 aromatic rings. The van der Waals surface area contributed by atoms with Crippen LogP contribution in [0.1, 0.15) is 101 Å². The van der Waals surface area contributed by atoms with Crippen LogP contribution in [-0.4, -0.2) is 143 Å². The van der Waals surface area contributed by atoms with Gasteiger partial charge in [0.1, 0.15) is 18.3 Å². The highest BCUT2D eigenvalue weighted by Crippen LogP contribution is 2.39. The van der Waals surface area contributed by atoms with Gasteiger partial charge in [-0.2, -0.15) is 0 Å². The highest BCUT2D eigenvalue weighted by Gasteiger charge is 2.51. The highest BCUT2D eigenvalue weighted by atomic mass is 16.7. The lowest BCUT2D eigenvalue weighted by molar-refractivity contribution is -0.317. The molecular weight excluding hydrogens is 648 g/mol. The van der Waals surface area contributed by atoms with Gasteiger partial charge in [-0.05, 0) is 101 Å². The van der Waals surface area contributed by atoms with Gasteiger partial charge in [-0.15, -0.1) is 0 Å². The average molecular weight is 719 g/mol. The summed E-state index contributed by atoms with van der Waals surface area (Å²) >= 11 is 0. The fourth-order valence-corrected chi connectivity index (χ4v) is 8.43. The Hall–Kier alpha value is -0.970. The second-order valence-electron chi connectivity index (χ2n) is 16.7. The number of rotatable bonds is 7. The number of carbonyl (C=O) groups excluding carboxylic acids is 1. The first-order chi connectivity index (χ1) is 23.1. The van der Waals surface area contributed by atoms with E-state index in [2.05, 4.69) is 5.32 Å². The molecule has 3 heterocycles. The summed E-state index contributed by atoms with van der Waals surface area (Å²) in [5, 5.41) is 49.9. The maximum atomic E-state index is 14.1. The minimum Gasteiger partial charge on any atom is -0.459 e. The minimum absolute atomic E-state index is 0.0286. The van der Waals surface area contributed by atoms with Crippen LogP contribution in [0.3, 0.4) is 0 Å². The van der Waals surface area contributed by atoms with Crippen LogP contribution in [0.15, 0.2) is 0 Å². The fraction of sp³-hybridized carbons (Fsp3) is 0.973. The summed E-state index contributed by atoms with van der Waals surface area (Å²) < 4.78 is 37.6. The van der Waals surface area contributed by atoms with E-state index >= 15 is 0 Å². The zero-order valence-electron chi connectivity index (χ0n) is 32.9. The Morgan fingerprint density at radius 2 is 1.58 bits per heavy atom. The van der Waals surface area contributed by atoms with E-state index in [-0.39, 0.29) is 36.9 Å². The maximum absolute atomic E-state index is 14.1. The van der Waals surface area contributed by atoms with Gasteiger partial charge in [0.2, 0.25) is 0 Å². The number of ether oxygens (including phenoxy) is 6. The molecule has 0 aromatic carbocycles. The van der Waals surface area contributed by atoms with Crippen LogP contribution < -0.4 is 5.32 Å². The van der Waals surface area contributed by atoms with Crippen LogP contribution in [0.2, 0.25) is 0 Å². The summed E-state index contributed by atoms with van der Waals surface area (Å²) in [6, 6.07) is -0.419. The number of likely N-dealkylation sites (N-methyl/N-ethyl adjacent to an activating group) is 1. The molecule has 13 heteroatoms. The predicted octanol–water partition coefficient (Wildman–Crippen LogP) is 2.59. The first-order valence-corrected chi connectivity index (χ1v) is 18.6. The van der Waals surface area contributed by atoms with E-state index in [9.17, 15) is 25.2 Å². The van der Waals surface area contributed by atoms with E-state index in [0.717, 1.165) is 0 Å². The van der Waals surface area contributed by atoms with Crippen molar-refractivity contribution in [3.05, 3.63) is 0 Å². The number of esters is 1. The van der Waals surface area contributed by atoms with Gasteiger partial charge in [0.05, 0.1) is 47.1 Å². The molecule has 0 saturated carbocycles. The Balaban J connectivity index is 2.13. The van der Waals surface area contributed by atoms with Crippen molar-refractivity contribution in [2.75, 3.05) is 27.7 Å². The number of carbonyl (C=O) groups is 1. The molecule has 3 saturated heterocycles. The highest BCUT2D eigenvalue weighted by molar-refractivity contribution is 5.73. The quantitative estimate of drug-likeness (QED) is 0.244. The van der Waals surface area contributed by atoms with Crippen molar-refractivity contribution in [3.8, 4) is 0 Å². The van der Waals surface area contributed by atoms with E-state index in [0.29, 0.717) is 25.8 Å². The molecule has 3 aliphatic rings. The Kier molecular flexibility index (Phi) is 15.2. The van der Waals surface area contributed by atoms with Crippen molar-refractivity contribution < 1.29 is 53.6 Å². The average Bonchev–Trinajstić information content (AvgIpc) is 3.02. The Labute approximate surface area is 300 Å². The molecule has 0 aliphatic carbocycles. The summed E-state index contributed by atoms with van der Waals surface area (Å²) in [4.78, 5) is 16.0. The second kappa shape index (κ2) is 17.4. The normalized spacial score (nSPS) is 49.2. The first kappa shape index (κ1) is 43.4. The van der Waals surface area contributed by atoms with Crippen LogP contribution in [0.5, 0.6) is 0 Å². The molecule has 3 rings (SSSR count). The van der Waals surface area contributed by atoms with E-state index in [1.165, 1.54) is 7.11 Å². The number of aliphatic hydroxyl groups excluding tert-OH is 2. The lowest BCUT2D eigenvalue weighted by Gasteiger charge is -2.48. The number of nitrogens with zero attached hydrogens (tertiary/aromatic N) is 1. The van der Waals surface area contributed by atoms with Crippen LogP contribution in [0.4, 0.5) is 0 Å². The van der Waals surface area contributed by atoms with Gasteiger partial charge in [-0.3, -0.25) is 4.79 Å². The van der Waals surface area contributed by atoms with Gasteiger partial charge in [0.15, 0.2) is 12.6 Å². The molecule has 0 amide bonds. The minimum atomic E-state index is -1.51. The second-order valence-corrected chi connectivity index (χ2v) is 16.7. The van der Waals surface area contributed by atoms with Gasteiger partial charge in [-0.25, -0.2) is 0 Å². The SMILES string of the molecule is CC[C@H]1OC(=O)[C@H](C)[C@@H](O[C@H]2C[C@@](C)(OC)[C@@H](O)[C@H](C)O2)[C@H](C)[C@@H](O[C@@H]2O[C@H](C)C[C@H](N(C)C)[C@H]2O)[C@@](C)(O)C[C@@H](C)NC[C@@H](C)C[C@]1(C)O. The number of hydrogen-bond acceptors (Lipinski definition) is 13. The van der Waals surface area contributed by atoms with Crippen LogP contribution >= 0.6 is 0 Å². The van der Waals surface area contributed by atoms with Crippen LogP contribution in [0, 0.1) is 17.8 Å². The standard InChI is InChI=1S/C37H70N2O11/c1-14-27-35(8,43)16-20(2)19-38-21(3)17-36(9,44)32(50-34-29(40)26(39(11)12)15-22(4)46-34)23(5)30(24(6)33(42)48-27)49-28-18-37(10,45-13)31(41)25(7)47-28/h20-32,34,38,40-41,43-44H,14-19H2,1-13H3/t20-,21+,22+,23-,24+,25-,26-,27+,28-,29+,30-,31-,32+,34-,35-,36-,37+/m0/s1. The van der Waals surface area contributed by atoms with Crippen molar-refractivity contribution in [2.24, 2.45) is 17.8 Å². The van der Waals surface area contributed by atoms with Gasteiger partial charge < -0.3 is 59.1 Å². The van der Waals surface area contributed by atoms with Crippen LogP contribution in [-0.2, 0) is 33.2 Å². The van der Waals surface area contributed by atoms with Crippen molar-refractivity contribution in [3.63, 3.8) is 0 Å². The van der Waals surface area contributed by atoms with Crippen molar-refractivity contribution in [2.45, 2.75) is 186 Å². The molecule has 0 radical (unpaired) electrons. The zero-order chi connectivity index (χ0) is 37.9. The number of cyclic esters (lactones) is 1. The monoisotopic (exact) mass is 718 g/mol. The number of hydrogen-bond donors (Lipinski definition) is 5. The molecule has 3 aliphatic heterocycles. The predicted molar refractivity (Wildman–Crippen MR) is 188 cm³/mol. The van der Waals surface area contributed by atoms with Gasteiger partial charge in [-0.1, -0.05) is 20.8 Å². The van der Waals surface area contributed by atoms with Crippen molar-refractivity contribution in [1.29, 1.82) is 0 Å². The molecular formula is C37H70N2O11. The largest absolute Gasteiger partial charge is 0.459 e. The topological polar surface area (TPSA) is 169 Å². The third-order valence-corrected chi connectivity index (χ3v) is 11.4. The molecule has 0 aromatic heterocycles.